The summed E-state index contributed by atoms with van der Waals surface area (Å²) in [4.78, 5) is 0. The van der Waals surface area contributed by atoms with Crippen LogP contribution in [-0.4, -0.2) is 65.6 Å². The Balaban J connectivity index is 1.07. The molecule has 0 saturated heterocycles. The normalized spacial score (nSPS) is 15.6. The summed E-state index contributed by atoms with van der Waals surface area (Å²) >= 11 is 0. The molecule has 0 radical (unpaired) electrons. The summed E-state index contributed by atoms with van der Waals surface area (Å²) < 4.78 is 36.2. The van der Waals surface area contributed by atoms with Crippen LogP contribution in [0.15, 0.2) is 78.1 Å². The smallest absolute Gasteiger partial charge is 0.394 e. The van der Waals surface area contributed by atoms with Crippen molar-refractivity contribution in [1.29, 1.82) is 0 Å². The maximum Gasteiger partial charge on any atom is 0.737 e. The number of aliphatic hydroxyl groups excluding tert-OH is 2. The van der Waals surface area contributed by atoms with Crippen LogP contribution in [0.1, 0.15) is 73.2 Å². The first-order valence-electron chi connectivity index (χ1n) is 16.8. The zero-order valence-electron chi connectivity index (χ0n) is 28.3. The van der Waals surface area contributed by atoms with Crippen molar-refractivity contribution < 1.29 is 23.3 Å². The number of benzene rings is 2. The fourth-order valence-corrected chi connectivity index (χ4v) is 7.17. The van der Waals surface area contributed by atoms with Gasteiger partial charge >= 0.3 is 6.97 Å². The van der Waals surface area contributed by atoms with E-state index in [1.54, 1.807) is 13.8 Å². The first-order chi connectivity index (χ1) is 23.0. The third kappa shape index (κ3) is 6.34. The fourth-order valence-electron chi connectivity index (χ4n) is 7.17. The van der Waals surface area contributed by atoms with Crippen molar-refractivity contribution in [3.63, 3.8) is 0 Å². The number of fused-ring (bicyclic) bond motifs is 2. The Morgan fingerprint density at radius 1 is 0.875 bits per heavy atom. The van der Waals surface area contributed by atoms with Crippen LogP contribution in [0.5, 0.6) is 0 Å². The van der Waals surface area contributed by atoms with E-state index in [1.165, 1.54) is 14.5 Å². The summed E-state index contributed by atoms with van der Waals surface area (Å²) in [6.07, 6.45) is 9.17. The van der Waals surface area contributed by atoms with Gasteiger partial charge in [-0.15, -0.1) is 5.10 Å². The van der Waals surface area contributed by atoms with E-state index in [2.05, 4.69) is 34.6 Å². The summed E-state index contributed by atoms with van der Waals surface area (Å²) in [6, 6.07) is 18.3. The topological polar surface area (TPSA) is 105 Å². The predicted octanol–water partition coefficient (Wildman–Crippen LogP) is 5.82. The molecule has 11 heteroatoms. The van der Waals surface area contributed by atoms with Gasteiger partial charge in [-0.05, 0) is 86.9 Å². The second-order valence-electron chi connectivity index (χ2n) is 13.6. The number of hydrogen-bond donors (Lipinski definition) is 3. The monoisotopic (exact) mass is 654 g/mol. The molecule has 4 aromatic rings. The van der Waals surface area contributed by atoms with Crippen molar-refractivity contribution in [2.24, 2.45) is 5.73 Å². The van der Waals surface area contributed by atoms with Crippen LogP contribution < -0.4 is 5.73 Å². The Kier molecular flexibility index (Phi) is 9.39. The predicted molar refractivity (Wildman–Crippen MR) is 187 cm³/mol. The molecule has 0 unspecified atom stereocenters. The van der Waals surface area contributed by atoms with Gasteiger partial charge in [-0.2, -0.15) is 0 Å². The molecule has 2 aromatic carbocycles. The van der Waals surface area contributed by atoms with Gasteiger partial charge in [0.25, 0.3) is 0 Å². The number of nitrogens with zero attached hydrogens (tertiary/aromatic N) is 5. The van der Waals surface area contributed by atoms with Gasteiger partial charge in [0.05, 0.1) is 30.5 Å². The van der Waals surface area contributed by atoms with E-state index in [4.69, 9.17) is 5.73 Å². The number of aromatic nitrogens is 4. The van der Waals surface area contributed by atoms with E-state index < -0.39 is 12.5 Å². The van der Waals surface area contributed by atoms with Crippen molar-refractivity contribution in [2.75, 3.05) is 13.2 Å². The summed E-state index contributed by atoms with van der Waals surface area (Å²) in [6.45, 7) is 3.62. The van der Waals surface area contributed by atoms with Crippen LogP contribution in [0, 0.1) is 13.8 Å². The Bertz CT molecular complexity index is 1900. The summed E-state index contributed by atoms with van der Waals surface area (Å²) in [5.74, 6) is 0. The van der Waals surface area contributed by atoms with Crippen LogP contribution in [0.2, 0.25) is 0 Å². The summed E-state index contributed by atoms with van der Waals surface area (Å²) in [5, 5.41) is 27.5. The Morgan fingerprint density at radius 2 is 1.52 bits per heavy atom. The zero-order valence-corrected chi connectivity index (χ0v) is 28.3. The molecule has 0 fully saturated rings. The van der Waals surface area contributed by atoms with E-state index in [9.17, 15) is 10.2 Å². The highest BCUT2D eigenvalue weighted by molar-refractivity contribution is 6.58. The molecule has 252 valence electrons. The molecule has 0 spiro atoms. The molecule has 0 amide bonds. The van der Waals surface area contributed by atoms with Gasteiger partial charge in [0.2, 0.25) is 0 Å². The number of aryl methyl sites for hydroxylation is 5. The van der Waals surface area contributed by atoms with Crippen LogP contribution in [0.25, 0.3) is 16.8 Å². The lowest BCUT2D eigenvalue weighted by molar-refractivity contribution is -0.363. The lowest BCUT2D eigenvalue weighted by atomic mass is 9.83. The molecule has 2 aromatic heterocycles. The molecule has 0 aliphatic carbocycles. The molecule has 6 rings (SSSR count). The standard InChI is InChI=1S/C37H45BF2N6O2/c1-25-20-27(3)45-35(25)34(36-26(2)21-28(4)46(36)38(45,39)40)32-15-13-31(14-16-32)33-22-44(43-42-33)19-7-5-6-8-29-9-11-30(12-10-29)17-18-37(41,23-47)24-48/h9-16,20-22,47-48H,5-8,17-19,23-24,41H2,1-4H3. The van der Waals surface area contributed by atoms with Gasteiger partial charge in [0, 0.05) is 36.4 Å². The molecule has 0 atom stereocenters. The van der Waals surface area contributed by atoms with Crippen molar-refractivity contribution in [3.05, 3.63) is 112 Å². The minimum atomic E-state index is -4.00. The minimum absolute atomic E-state index is 0.233. The average Bonchev–Trinajstić information content (AvgIpc) is 3.76. The van der Waals surface area contributed by atoms with E-state index in [0.717, 1.165) is 71.3 Å². The lowest BCUT2D eigenvalue weighted by Gasteiger charge is -2.34. The second-order valence-corrected chi connectivity index (χ2v) is 13.6. The number of rotatable bonds is 13. The second kappa shape index (κ2) is 13.4. The van der Waals surface area contributed by atoms with Gasteiger partial charge < -0.3 is 33.5 Å². The Morgan fingerprint density at radius 3 is 2.19 bits per heavy atom. The minimum Gasteiger partial charge on any atom is -0.394 e. The fraction of sp³-hybridized carbons (Fsp3) is 0.378. The van der Waals surface area contributed by atoms with Crippen LogP contribution in [0.4, 0.5) is 8.63 Å². The van der Waals surface area contributed by atoms with Crippen molar-refractivity contribution in [2.45, 2.75) is 78.3 Å². The quantitative estimate of drug-likeness (QED) is 0.125. The number of hydrogen-bond acceptors (Lipinski definition) is 5. The van der Waals surface area contributed by atoms with Gasteiger partial charge in [0.1, 0.15) is 11.4 Å². The Hall–Kier alpha value is -4.19. The van der Waals surface area contributed by atoms with Crippen molar-refractivity contribution in [1.82, 2.24) is 19.5 Å². The van der Waals surface area contributed by atoms with Gasteiger partial charge in [-0.25, -0.2) is 0 Å². The van der Waals surface area contributed by atoms with Gasteiger partial charge in [-0.3, -0.25) is 4.68 Å². The maximum absolute atomic E-state index is 16.0. The highest BCUT2D eigenvalue weighted by Crippen LogP contribution is 2.44. The van der Waals surface area contributed by atoms with Gasteiger partial charge in [-0.1, -0.05) is 60.2 Å². The highest BCUT2D eigenvalue weighted by Gasteiger charge is 2.55. The molecule has 0 bridgehead atoms. The molecule has 8 nitrogen and oxygen atoms in total. The number of unbranched alkanes of at least 4 members (excludes halogenated alkanes) is 2. The van der Waals surface area contributed by atoms with Crippen molar-refractivity contribution in [3.8, 4) is 11.3 Å². The molecule has 4 heterocycles. The van der Waals surface area contributed by atoms with E-state index in [1.807, 2.05) is 61.1 Å². The zero-order chi connectivity index (χ0) is 34.2. The lowest BCUT2D eigenvalue weighted by Crippen LogP contribution is -2.51. The average molecular weight is 655 g/mol. The molecule has 2 aliphatic rings. The SMILES string of the molecule is CC1=CC(C)=[N+]2C1=C(c1ccc(-c3cn(CCCCCc4ccc(CCC(N)(CO)CO)cc4)nn3)cc1)c1c(C)cc(C)n1[B-]2(F)F. The number of allylic oxidation sites excluding steroid dienone is 2. The Labute approximate surface area is 281 Å². The molecule has 2 aliphatic heterocycles. The summed E-state index contributed by atoms with van der Waals surface area (Å²) in [5.41, 5.74) is 14.8. The number of nitrogens with two attached hydrogens (primary N) is 1. The molecular weight excluding hydrogens is 609 g/mol. The van der Waals surface area contributed by atoms with E-state index in [-0.39, 0.29) is 13.2 Å². The van der Waals surface area contributed by atoms with Gasteiger partial charge in [0.15, 0.2) is 5.70 Å². The largest absolute Gasteiger partial charge is 0.737 e. The number of halogens is 2. The first kappa shape index (κ1) is 33.7. The summed E-state index contributed by atoms with van der Waals surface area (Å²) in [7, 11) is 0. The molecule has 48 heavy (non-hydrogen) atoms. The van der Waals surface area contributed by atoms with E-state index in [0.29, 0.717) is 35.6 Å². The number of aliphatic hydroxyl groups is 2. The molecular formula is C37H45BF2N6O2. The third-order valence-electron chi connectivity index (χ3n) is 9.86. The highest BCUT2D eigenvalue weighted by atomic mass is 19.2. The molecule has 4 N–H and O–H groups in total. The third-order valence-corrected chi connectivity index (χ3v) is 9.86. The van der Waals surface area contributed by atoms with Crippen molar-refractivity contribution >= 4 is 18.3 Å². The molecule has 0 saturated carbocycles. The van der Waals surface area contributed by atoms with Crippen LogP contribution in [0.3, 0.4) is 0 Å². The van der Waals surface area contributed by atoms with Crippen LogP contribution in [-0.2, 0) is 19.4 Å². The first-order valence-corrected chi connectivity index (χ1v) is 16.8. The van der Waals surface area contributed by atoms with E-state index >= 15 is 8.63 Å². The maximum atomic E-state index is 16.0. The van der Waals surface area contributed by atoms with Crippen LogP contribution >= 0.6 is 0 Å².